The van der Waals surface area contributed by atoms with Crippen molar-refractivity contribution in [3.05, 3.63) is 17.9 Å². The third-order valence-electron chi connectivity index (χ3n) is 4.29. The van der Waals surface area contributed by atoms with Gasteiger partial charge in [-0.2, -0.15) is 0 Å². The molecule has 0 N–H and O–H groups in total. The summed E-state index contributed by atoms with van der Waals surface area (Å²) < 4.78 is 9.77. The van der Waals surface area contributed by atoms with Gasteiger partial charge in [0, 0.05) is 0 Å². The summed E-state index contributed by atoms with van der Waals surface area (Å²) in [6.45, 7) is 0. The molecule has 0 unspecified atom stereocenters. The van der Waals surface area contributed by atoms with E-state index in [2.05, 4.69) is 5.73 Å². The Morgan fingerprint density at radius 2 is 1.41 bits per heavy atom. The van der Waals surface area contributed by atoms with Gasteiger partial charge in [0.1, 0.15) is 0 Å². The lowest BCUT2D eigenvalue weighted by atomic mass is 9.79. The standard InChI is InChI=1S/C18H28O4/c1-21-16(19)18(17(20)22-2)14-12-10-8-6-4-3-5-7-9-11-13-15-18/h8,12H,3-7,9,11,13-15H2,1-2H3. The molecule has 0 atom stereocenters. The molecule has 0 saturated carbocycles. The molecule has 0 heterocycles. The number of carbonyl (C=O) groups excluding carboxylic acids is 2. The molecule has 0 bridgehead atoms. The maximum atomic E-state index is 12.2. The average Bonchev–Trinajstić information content (AvgIpc) is 2.55. The molecule has 0 aromatic heterocycles. The second kappa shape index (κ2) is 10.2. The van der Waals surface area contributed by atoms with Gasteiger partial charge in [-0.1, -0.05) is 38.5 Å². The summed E-state index contributed by atoms with van der Waals surface area (Å²) in [6.07, 6.45) is 13.3. The van der Waals surface area contributed by atoms with Crippen molar-refractivity contribution < 1.29 is 19.1 Å². The van der Waals surface area contributed by atoms with E-state index in [0.29, 0.717) is 6.42 Å². The van der Waals surface area contributed by atoms with Crippen LogP contribution in [0.25, 0.3) is 0 Å². The second-order valence-electron chi connectivity index (χ2n) is 5.86. The Morgan fingerprint density at radius 1 is 0.864 bits per heavy atom. The molecular formula is C18H28O4. The van der Waals surface area contributed by atoms with E-state index in [1.165, 1.54) is 39.9 Å². The van der Waals surface area contributed by atoms with Crippen LogP contribution in [0.5, 0.6) is 0 Å². The van der Waals surface area contributed by atoms with E-state index >= 15 is 0 Å². The number of methoxy groups -OCH3 is 2. The summed E-state index contributed by atoms with van der Waals surface area (Å²) in [5.74, 6) is -1.02. The van der Waals surface area contributed by atoms with Crippen LogP contribution in [0.1, 0.15) is 64.2 Å². The maximum Gasteiger partial charge on any atom is 0.323 e. The van der Waals surface area contributed by atoms with E-state index < -0.39 is 17.4 Å². The highest BCUT2D eigenvalue weighted by molar-refractivity contribution is 6.00. The summed E-state index contributed by atoms with van der Waals surface area (Å²) in [6, 6.07) is 0. The molecule has 0 aliphatic heterocycles. The van der Waals surface area contributed by atoms with Crippen LogP contribution in [0.15, 0.2) is 17.9 Å². The molecule has 0 fully saturated rings. The van der Waals surface area contributed by atoms with E-state index in [-0.39, 0.29) is 6.42 Å². The Morgan fingerprint density at radius 3 is 2.00 bits per heavy atom. The fourth-order valence-electron chi connectivity index (χ4n) is 2.90. The first-order valence-corrected chi connectivity index (χ1v) is 8.23. The number of rotatable bonds is 2. The van der Waals surface area contributed by atoms with Gasteiger partial charge in [-0.05, 0) is 37.8 Å². The first kappa shape index (κ1) is 18.5. The van der Waals surface area contributed by atoms with Crippen LogP contribution in [0.4, 0.5) is 0 Å². The smallest absolute Gasteiger partial charge is 0.323 e. The summed E-state index contributed by atoms with van der Waals surface area (Å²) in [5, 5.41) is 0. The molecule has 22 heavy (non-hydrogen) atoms. The van der Waals surface area contributed by atoms with Gasteiger partial charge in [-0.3, -0.25) is 9.59 Å². The monoisotopic (exact) mass is 308 g/mol. The molecule has 0 amide bonds. The molecule has 124 valence electrons. The molecule has 1 aliphatic carbocycles. The van der Waals surface area contributed by atoms with Crippen LogP contribution in [0.2, 0.25) is 0 Å². The highest BCUT2D eigenvalue weighted by Gasteiger charge is 2.46. The van der Waals surface area contributed by atoms with E-state index in [1.54, 1.807) is 6.08 Å². The molecule has 1 aliphatic rings. The average molecular weight is 308 g/mol. The minimum absolute atomic E-state index is 0.281. The number of esters is 2. The van der Waals surface area contributed by atoms with Gasteiger partial charge in [0.25, 0.3) is 0 Å². The highest BCUT2D eigenvalue weighted by atomic mass is 16.5. The first-order valence-electron chi connectivity index (χ1n) is 8.23. The fourth-order valence-corrected chi connectivity index (χ4v) is 2.90. The van der Waals surface area contributed by atoms with E-state index in [9.17, 15) is 9.59 Å². The topological polar surface area (TPSA) is 52.6 Å². The van der Waals surface area contributed by atoms with Gasteiger partial charge >= 0.3 is 11.9 Å². The van der Waals surface area contributed by atoms with Crippen LogP contribution in [0, 0.1) is 5.41 Å². The second-order valence-corrected chi connectivity index (χ2v) is 5.86. The summed E-state index contributed by atoms with van der Waals surface area (Å²) >= 11 is 0. The zero-order valence-corrected chi connectivity index (χ0v) is 13.9. The number of hydrogen-bond acceptors (Lipinski definition) is 4. The van der Waals surface area contributed by atoms with Crippen molar-refractivity contribution in [2.24, 2.45) is 5.41 Å². The molecule has 0 aromatic rings. The van der Waals surface area contributed by atoms with Gasteiger partial charge in [0.05, 0.1) is 14.2 Å². The number of ether oxygens (including phenoxy) is 2. The number of carbonyl (C=O) groups is 2. The minimum Gasteiger partial charge on any atom is -0.468 e. The molecular weight excluding hydrogens is 280 g/mol. The van der Waals surface area contributed by atoms with Crippen molar-refractivity contribution in [2.45, 2.75) is 64.2 Å². The van der Waals surface area contributed by atoms with Crippen molar-refractivity contribution in [3.63, 3.8) is 0 Å². The van der Waals surface area contributed by atoms with Gasteiger partial charge in [0.15, 0.2) is 5.41 Å². The van der Waals surface area contributed by atoms with Crippen molar-refractivity contribution in [1.82, 2.24) is 0 Å². The predicted octanol–water partition coefficient (Wildman–Crippen LogP) is 3.94. The summed E-state index contributed by atoms with van der Waals surface area (Å²) in [4.78, 5) is 24.5. The molecule has 4 nitrogen and oxygen atoms in total. The molecule has 0 radical (unpaired) electrons. The lowest BCUT2D eigenvalue weighted by Crippen LogP contribution is -2.41. The van der Waals surface area contributed by atoms with Gasteiger partial charge < -0.3 is 9.47 Å². The fraction of sp³-hybridized carbons (Fsp3) is 0.722. The lowest BCUT2D eigenvalue weighted by molar-refractivity contribution is -0.169. The highest BCUT2D eigenvalue weighted by Crippen LogP contribution is 2.33. The van der Waals surface area contributed by atoms with Crippen molar-refractivity contribution in [2.75, 3.05) is 14.2 Å². The Labute approximate surface area is 133 Å². The Hall–Kier alpha value is -1.54. The first-order chi connectivity index (χ1) is 10.7. The van der Waals surface area contributed by atoms with Gasteiger partial charge in [-0.15, -0.1) is 5.73 Å². The normalized spacial score (nSPS) is 19.9. The Bertz CT molecular complexity index is 403. The van der Waals surface area contributed by atoms with Crippen LogP contribution in [0.3, 0.4) is 0 Å². The van der Waals surface area contributed by atoms with Crippen LogP contribution in [-0.2, 0) is 19.1 Å². The largest absolute Gasteiger partial charge is 0.468 e. The lowest BCUT2D eigenvalue weighted by Gasteiger charge is -2.26. The van der Waals surface area contributed by atoms with E-state index in [1.807, 2.05) is 6.08 Å². The van der Waals surface area contributed by atoms with Crippen molar-refractivity contribution in [3.8, 4) is 0 Å². The number of allylic oxidation sites excluding steroid dienone is 1. The van der Waals surface area contributed by atoms with E-state index in [0.717, 1.165) is 25.7 Å². The predicted molar refractivity (Wildman–Crippen MR) is 85.3 cm³/mol. The third-order valence-corrected chi connectivity index (χ3v) is 4.29. The van der Waals surface area contributed by atoms with Crippen molar-refractivity contribution in [1.29, 1.82) is 0 Å². The Kier molecular flexibility index (Phi) is 8.61. The zero-order valence-electron chi connectivity index (χ0n) is 13.9. The van der Waals surface area contributed by atoms with Gasteiger partial charge in [0.2, 0.25) is 0 Å². The van der Waals surface area contributed by atoms with Crippen LogP contribution >= 0.6 is 0 Å². The van der Waals surface area contributed by atoms with Crippen LogP contribution < -0.4 is 0 Å². The third kappa shape index (κ3) is 5.34. The molecule has 1 rings (SSSR count). The maximum absolute atomic E-state index is 12.2. The molecule has 0 spiro atoms. The molecule has 0 saturated heterocycles. The summed E-state index contributed by atoms with van der Waals surface area (Å²) in [5.41, 5.74) is 1.86. The Balaban J connectivity index is 2.96. The molecule has 4 heteroatoms. The van der Waals surface area contributed by atoms with Gasteiger partial charge in [-0.25, -0.2) is 0 Å². The van der Waals surface area contributed by atoms with Crippen molar-refractivity contribution >= 4 is 11.9 Å². The van der Waals surface area contributed by atoms with Crippen LogP contribution in [-0.4, -0.2) is 26.2 Å². The quantitative estimate of drug-likeness (QED) is 0.440. The number of hydrogen-bond donors (Lipinski definition) is 0. The van der Waals surface area contributed by atoms with E-state index in [4.69, 9.17) is 9.47 Å². The minimum atomic E-state index is -1.23. The SMILES string of the molecule is COC(=O)C1(C(=O)OC)CC=C=CCCCCCCCCC1. The summed E-state index contributed by atoms with van der Waals surface area (Å²) in [7, 11) is 2.63. The molecule has 0 aromatic carbocycles. The zero-order chi connectivity index (χ0) is 16.3.